The van der Waals surface area contributed by atoms with Crippen LogP contribution in [0, 0.1) is 5.92 Å². The van der Waals surface area contributed by atoms with Crippen LogP contribution in [-0.2, 0) is 9.53 Å². The predicted molar refractivity (Wildman–Crippen MR) is 164 cm³/mol. The molecule has 1 atom stereocenters. The second-order valence-electron chi connectivity index (χ2n) is 9.77. The van der Waals surface area contributed by atoms with Gasteiger partial charge in [-0.3, -0.25) is 9.78 Å². The molecule has 9 nitrogen and oxygen atoms in total. The molecule has 1 saturated carbocycles. The summed E-state index contributed by atoms with van der Waals surface area (Å²) in [7, 11) is 4.01. The lowest BCUT2D eigenvalue weighted by Crippen LogP contribution is -2.50. The van der Waals surface area contributed by atoms with Crippen molar-refractivity contribution in [1.29, 1.82) is 0 Å². The molecular weight excluding hydrogens is 534 g/mol. The third-order valence-corrected chi connectivity index (χ3v) is 7.01. The van der Waals surface area contributed by atoms with Crippen LogP contribution >= 0.6 is 27.0 Å². The maximum atomic E-state index is 13.0. The van der Waals surface area contributed by atoms with Crippen molar-refractivity contribution in [2.24, 2.45) is 5.92 Å². The zero-order valence-corrected chi connectivity index (χ0v) is 23.8. The molecule has 0 spiro atoms. The molecule has 3 heterocycles. The third kappa shape index (κ3) is 7.75. The summed E-state index contributed by atoms with van der Waals surface area (Å²) in [6.45, 7) is 1.79. The van der Waals surface area contributed by atoms with Gasteiger partial charge in [0, 0.05) is 50.2 Å². The lowest BCUT2D eigenvalue weighted by molar-refractivity contribution is -0.145. The van der Waals surface area contributed by atoms with Gasteiger partial charge in [0.15, 0.2) is 5.52 Å². The van der Waals surface area contributed by atoms with Crippen LogP contribution in [0.15, 0.2) is 42.7 Å². The Balaban J connectivity index is 0.00000178. The lowest BCUT2D eigenvalue weighted by atomic mass is 9.86. The Labute approximate surface area is 244 Å². The van der Waals surface area contributed by atoms with E-state index in [1.54, 1.807) is 12.4 Å². The maximum absolute atomic E-state index is 13.0. The fourth-order valence-electron chi connectivity index (χ4n) is 4.90. The van der Waals surface area contributed by atoms with Gasteiger partial charge in [-0.2, -0.15) is 27.0 Å². The summed E-state index contributed by atoms with van der Waals surface area (Å²) in [4.78, 5) is 30.6. The number of rotatable bonds is 6. The standard InChI is InChI=1S/C27H33N5O4.CH4.2H2S/c1-31(2)20-7-3-18(4-8-20)23-15-24-25(29-12-11-28-24)26(30-23)36-17-22-16-32(13-14-35-22)27(34)19-5-9-21(33)10-6-19;;;/h3-4,7-8,11-12,15,19,21-22,33H,5-6,9-10,13-14,16-17H2,1-2H3;1H4;2*1H2/t19?,21?,22-;;;/m0.../s1. The summed E-state index contributed by atoms with van der Waals surface area (Å²) in [5.41, 5.74) is 4.12. The maximum Gasteiger partial charge on any atom is 0.242 e. The van der Waals surface area contributed by atoms with Crippen molar-refractivity contribution in [3.05, 3.63) is 42.7 Å². The quantitative estimate of drug-likeness (QED) is 0.474. The highest BCUT2D eigenvalue weighted by Gasteiger charge is 2.32. The van der Waals surface area contributed by atoms with Crippen molar-refractivity contribution < 1.29 is 19.4 Å². The Kier molecular flexibility index (Phi) is 12.3. The number of aromatic nitrogens is 3. The van der Waals surface area contributed by atoms with Crippen molar-refractivity contribution >= 4 is 49.6 Å². The van der Waals surface area contributed by atoms with Crippen LogP contribution in [0.1, 0.15) is 33.1 Å². The number of hydrogen-bond donors (Lipinski definition) is 1. The number of morpholine rings is 1. The topological polar surface area (TPSA) is 101 Å². The first-order valence-electron chi connectivity index (χ1n) is 12.6. The average molecular weight is 576 g/mol. The van der Waals surface area contributed by atoms with Gasteiger partial charge in [-0.25, -0.2) is 9.97 Å². The molecule has 1 N–H and O–H groups in total. The number of carbonyl (C=O) groups is 1. The summed E-state index contributed by atoms with van der Waals surface area (Å²) in [6, 6.07) is 10.1. The van der Waals surface area contributed by atoms with Crippen LogP contribution < -0.4 is 9.64 Å². The number of ether oxygens (including phenoxy) is 2. The molecule has 1 aromatic carbocycles. The van der Waals surface area contributed by atoms with Crippen LogP contribution in [-0.4, -0.2) is 83.5 Å². The zero-order valence-electron chi connectivity index (χ0n) is 21.8. The molecular formula is C28H41N5O4S2. The number of fused-ring (bicyclic) bond motifs is 1. The summed E-state index contributed by atoms with van der Waals surface area (Å²) in [5, 5.41) is 9.76. The minimum Gasteiger partial charge on any atom is -0.473 e. The third-order valence-electron chi connectivity index (χ3n) is 7.01. The molecule has 39 heavy (non-hydrogen) atoms. The first kappa shape index (κ1) is 32.6. The largest absolute Gasteiger partial charge is 0.473 e. The van der Waals surface area contributed by atoms with Crippen LogP contribution in [0.3, 0.4) is 0 Å². The first-order valence-corrected chi connectivity index (χ1v) is 12.6. The van der Waals surface area contributed by atoms with Gasteiger partial charge in [0.25, 0.3) is 0 Å². The molecule has 2 fully saturated rings. The fourth-order valence-corrected chi connectivity index (χ4v) is 4.90. The molecule has 0 radical (unpaired) electrons. The van der Waals surface area contributed by atoms with Gasteiger partial charge in [-0.05, 0) is 43.9 Å². The van der Waals surface area contributed by atoms with E-state index in [9.17, 15) is 9.90 Å². The van der Waals surface area contributed by atoms with Gasteiger partial charge in [0.2, 0.25) is 11.8 Å². The molecule has 1 saturated heterocycles. The lowest BCUT2D eigenvalue weighted by Gasteiger charge is -2.36. The highest BCUT2D eigenvalue weighted by Crippen LogP contribution is 2.29. The summed E-state index contributed by atoms with van der Waals surface area (Å²) in [6.07, 6.45) is 5.64. The van der Waals surface area contributed by atoms with Gasteiger partial charge >= 0.3 is 0 Å². The first-order chi connectivity index (χ1) is 17.5. The molecule has 0 unspecified atom stereocenters. The number of aliphatic hydroxyl groups is 1. The summed E-state index contributed by atoms with van der Waals surface area (Å²) < 4.78 is 12.1. The molecule has 1 aliphatic carbocycles. The number of nitrogens with zero attached hydrogens (tertiary/aromatic N) is 5. The minimum atomic E-state index is -0.271. The van der Waals surface area contributed by atoms with Gasteiger partial charge in [0.05, 0.1) is 30.5 Å². The van der Waals surface area contributed by atoms with E-state index in [4.69, 9.17) is 14.5 Å². The Bertz CT molecular complexity index is 1210. The molecule has 2 aromatic heterocycles. The second-order valence-corrected chi connectivity index (χ2v) is 9.77. The molecule has 5 rings (SSSR count). The molecule has 0 bridgehead atoms. The second kappa shape index (κ2) is 14.7. The van der Waals surface area contributed by atoms with Gasteiger partial charge in [-0.15, -0.1) is 0 Å². The Morgan fingerprint density at radius 2 is 1.79 bits per heavy atom. The molecule has 2 aliphatic rings. The monoisotopic (exact) mass is 575 g/mol. The van der Waals surface area contributed by atoms with Gasteiger partial charge < -0.3 is 24.4 Å². The SMILES string of the molecule is C.CN(C)c1ccc(-c2cc3nccnc3c(OC[C@@H]3CN(C(=O)C4CCC(O)CC4)CCO3)n2)cc1.S.S. The number of pyridine rings is 1. The number of hydrogen-bond acceptors (Lipinski definition) is 8. The van der Waals surface area contributed by atoms with Gasteiger partial charge in [-0.1, -0.05) is 19.6 Å². The summed E-state index contributed by atoms with van der Waals surface area (Å²) in [5.74, 6) is 0.554. The van der Waals surface area contributed by atoms with E-state index in [1.165, 1.54) is 0 Å². The van der Waals surface area contributed by atoms with Crippen molar-refractivity contribution in [2.45, 2.75) is 45.3 Å². The number of amides is 1. The minimum absolute atomic E-state index is 0. The van der Waals surface area contributed by atoms with E-state index >= 15 is 0 Å². The van der Waals surface area contributed by atoms with E-state index in [-0.39, 0.29) is 65.1 Å². The van der Waals surface area contributed by atoms with Crippen LogP contribution in [0.5, 0.6) is 5.88 Å². The molecule has 1 aliphatic heterocycles. The van der Waals surface area contributed by atoms with Crippen LogP contribution in [0.4, 0.5) is 5.69 Å². The van der Waals surface area contributed by atoms with E-state index in [1.807, 2.05) is 54.2 Å². The number of anilines is 1. The molecule has 3 aromatic rings. The molecule has 11 heteroatoms. The van der Waals surface area contributed by atoms with E-state index in [0.29, 0.717) is 49.5 Å². The Morgan fingerprint density at radius 3 is 2.49 bits per heavy atom. The average Bonchev–Trinajstić information content (AvgIpc) is 2.92. The molecule has 1 amide bonds. The fraction of sp³-hybridized carbons (Fsp3) is 0.500. The smallest absolute Gasteiger partial charge is 0.242 e. The van der Waals surface area contributed by atoms with Crippen molar-refractivity contribution in [3.63, 3.8) is 0 Å². The highest BCUT2D eigenvalue weighted by molar-refractivity contribution is 7.59. The van der Waals surface area contributed by atoms with Crippen molar-refractivity contribution in [2.75, 3.05) is 45.3 Å². The predicted octanol–water partition coefficient (Wildman–Crippen LogP) is 3.78. The van der Waals surface area contributed by atoms with E-state index < -0.39 is 0 Å². The Morgan fingerprint density at radius 1 is 1.10 bits per heavy atom. The van der Waals surface area contributed by atoms with Crippen molar-refractivity contribution in [3.8, 4) is 17.1 Å². The number of aliphatic hydroxyl groups excluding tert-OH is 1. The zero-order chi connectivity index (χ0) is 25.1. The van der Waals surface area contributed by atoms with Gasteiger partial charge in [0.1, 0.15) is 12.7 Å². The normalized spacial score (nSPS) is 20.7. The van der Waals surface area contributed by atoms with Crippen molar-refractivity contribution in [1.82, 2.24) is 19.9 Å². The number of benzene rings is 1. The van der Waals surface area contributed by atoms with E-state index in [0.717, 1.165) is 29.8 Å². The number of carbonyl (C=O) groups excluding carboxylic acids is 1. The summed E-state index contributed by atoms with van der Waals surface area (Å²) >= 11 is 0. The Hall–Kier alpha value is -2.60. The van der Waals surface area contributed by atoms with Crippen LogP contribution in [0.2, 0.25) is 0 Å². The molecule has 214 valence electrons. The highest BCUT2D eigenvalue weighted by atomic mass is 32.1. The van der Waals surface area contributed by atoms with Crippen LogP contribution in [0.25, 0.3) is 22.3 Å². The van der Waals surface area contributed by atoms with E-state index in [2.05, 4.69) is 9.97 Å².